The van der Waals surface area contributed by atoms with Crippen molar-refractivity contribution in [1.29, 1.82) is 0 Å². The zero-order valence-corrected chi connectivity index (χ0v) is 37.8. The highest BCUT2D eigenvalue weighted by atomic mass is 15.2. The van der Waals surface area contributed by atoms with Gasteiger partial charge in [0.1, 0.15) is 0 Å². The Bertz CT molecular complexity index is 2700. The van der Waals surface area contributed by atoms with Crippen LogP contribution in [0.4, 0.5) is 34.1 Å². The minimum atomic E-state index is -0.0121. The summed E-state index contributed by atoms with van der Waals surface area (Å²) in [6.07, 6.45) is 9.51. The first-order valence-electron chi connectivity index (χ1n) is 23.4. The van der Waals surface area contributed by atoms with Gasteiger partial charge < -0.3 is 9.80 Å². The van der Waals surface area contributed by atoms with E-state index in [-0.39, 0.29) is 17.5 Å². The van der Waals surface area contributed by atoms with E-state index in [2.05, 4.69) is 192 Å². The molecule has 0 aromatic heterocycles. The van der Waals surface area contributed by atoms with E-state index in [1.165, 1.54) is 137 Å². The molecule has 3 heteroatoms. The van der Waals surface area contributed by atoms with Crippen molar-refractivity contribution in [2.24, 2.45) is 0 Å². The average molecular weight is 807 g/mol. The van der Waals surface area contributed by atoms with E-state index < -0.39 is 0 Å². The molecule has 4 aliphatic rings. The SMILES string of the molecule is Cc1cc2c3c(c1)N(c1ccc4c(c1-c1ccccc1)CCCC4)c1ccc(C(C)(C)C)cc1B3c1cc(C(C)(C)C)ccc1N2c1ccc2c(c1-c1ccccc1)CCCC2. The number of rotatable bonds is 4. The molecular weight excluding hydrogens is 747 g/mol. The molecule has 62 heavy (non-hydrogen) atoms. The van der Waals surface area contributed by atoms with E-state index in [9.17, 15) is 0 Å². The van der Waals surface area contributed by atoms with Crippen LogP contribution in [0.2, 0.25) is 0 Å². The molecule has 11 rings (SSSR count). The number of fused-ring (bicyclic) bond motifs is 6. The van der Waals surface area contributed by atoms with E-state index >= 15 is 0 Å². The van der Waals surface area contributed by atoms with Crippen molar-refractivity contribution in [3.8, 4) is 22.3 Å². The van der Waals surface area contributed by atoms with Crippen LogP contribution >= 0.6 is 0 Å². The smallest absolute Gasteiger partial charge is 0.252 e. The molecule has 0 spiro atoms. The van der Waals surface area contributed by atoms with Gasteiger partial charge in [0, 0.05) is 33.9 Å². The maximum atomic E-state index is 2.68. The Morgan fingerprint density at radius 2 is 0.823 bits per heavy atom. The fourth-order valence-electron chi connectivity index (χ4n) is 11.5. The average Bonchev–Trinajstić information content (AvgIpc) is 3.27. The van der Waals surface area contributed by atoms with Crippen LogP contribution in [-0.2, 0) is 36.5 Å². The van der Waals surface area contributed by atoms with Gasteiger partial charge in [0.05, 0.1) is 11.4 Å². The van der Waals surface area contributed by atoms with Gasteiger partial charge in [-0.3, -0.25) is 0 Å². The molecule has 0 atom stereocenters. The first kappa shape index (κ1) is 39.1. The molecule has 2 aliphatic heterocycles. The van der Waals surface area contributed by atoms with E-state index in [4.69, 9.17) is 0 Å². The van der Waals surface area contributed by atoms with E-state index in [1.54, 1.807) is 0 Å². The number of benzene rings is 7. The van der Waals surface area contributed by atoms with Gasteiger partial charge >= 0.3 is 0 Å². The monoisotopic (exact) mass is 806 g/mol. The van der Waals surface area contributed by atoms with Gasteiger partial charge in [-0.15, -0.1) is 0 Å². The van der Waals surface area contributed by atoms with Gasteiger partial charge in [-0.05, 0) is 172 Å². The summed E-state index contributed by atoms with van der Waals surface area (Å²) in [5.41, 5.74) is 27.4. The Labute approximate surface area is 370 Å². The van der Waals surface area contributed by atoms with Crippen molar-refractivity contribution in [2.75, 3.05) is 9.80 Å². The Morgan fingerprint density at radius 3 is 1.24 bits per heavy atom. The van der Waals surface area contributed by atoms with Crippen LogP contribution in [0.25, 0.3) is 22.3 Å². The molecular formula is C59H59BN2. The standard InChI is InChI=1S/C59H59BN2/c1-38-34-53-57-54(35-38)62(52-31-27-40-19-15-17-25-46(40)56(52)42-22-12-9-13-23-42)50-33-29-44(59(5,6)7)37-48(50)60(57)47-36-43(58(2,3)4)28-32-49(47)61(53)51-30-26-39-18-14-16-24-45(39)55(51)41-20-10-8-11-21-41/h8-13,20-23,26-37H,14-19,24-25H2,1-7H3. The molecule has 0 saturated heterocycles. The predicted octanol–water partition coefficient (Wildman–Crippen LogP) is 13.8. The summed E-state index contributed by atoms with van der Waals surface area (Å²) in [5, 5.41) is 0. The van der Waals surface area contributed by atoms with Crippen LogP contribution in [0, 0.1) is 6.92 Å². The zero-order chi connectivity index (χ0) is 42.5. The van der Waals surface area contributed by atoms with Crippen LogP contribution in [0.15, 0.2) is 133 Å². The maximum Gasteiger partial charge on any atom is 0.252 e. The van der Waals surface area contributed by atoms with Crippen LogP contribution in [-0.4, -0.2) is 6.71 Å². The summed E-state index contributed by atoms with van der Waals surface area (Å²) < 4.78 is 0. The minimum absolute atomic E-state index is 0.0121. The summed E-state index contributed by atoms with van der Waals surface area (Å²) in [6.45, 7) is 16.6. The quantitative estimate of drug-likeness (QED) is 0.164. The van der Waals surface area contributed by atoms with E-state index in [0.29, 0.717) is 0 Å². The first-order chi connectivity index (χ1) is 30.0. The molecule has 0 fully saturated rings. The number of nitrogens with zero attached hydrogens (tertiary/aromatic N) is 2. The second-order valence-electron chi connectivity index (χ2n) is 20.7. The highest BCUT2D eigenvalue weighted by Crippen LogP contribution is 2.51. The van der Waals surface area contributed by atoms with Crippen molar-refractivity contribution in [3.05, 3.63) is 172 Å². The molecule has 7 aromatic carbocycles. The fourth-order valence-corrected chi connectivity index (χ4v) is 11.5. The lowest BCUT2D eigenvalue weighted by Crippen LogP contribution is -2.61. The van der Waals surface area contributed by atoms with Crippen LogP contribution in [0.1, 0.15) is 106 Å². The van der Waals surface area contributed by atoms with Gasteiger partial charge in [-0.1, -0.05) is 139 Å². The third-order valence-electron chi connectivity index (χ3n) is 14.6. The largest absolute Gasteiger partial charge is 0.311 e. The molecule has 0 N–H and O–H groups in total. The Hall–Kier alpha value is -5.80. The van der Waals surface area contributed by atoms with Crippen molar-refractivity contribution in [3.63, 3.8) is 0 Å². The van der Waals surface area contributed by atoms with Crippen LogP contribution < -0.4 is 26.2 Å². The van der Waals surface area contributed by atoms with E-state index in [1.807, 2.05) is 0 Å². The van der Waals surface area contributed by atoms with Crippen molar-refractivity contribution >= 4 is 57.2 Å². The summed E-state index contributed by atoms with van der Waals surface area (Å²) in [5.74, 6) is 0. The molecule has 0 saturated carbocycles. The molecule has 0 bridgehead atoms. The molecule has 7 aromatic rings. The van der Waals surface area contributed by atoms with Gasteiger partial charge in [-0.25, -0.2) is 0 Å². The molecule has 2 nitrogen and oxygen atoms in total. The molecule has 2 aliphatic carbocycles. The zero-order valence-electron chi connectivity index (χ0n) is 37.8. The van der Waals surface area contributed by atoms with Crippen LogP contribution in [0.3, 0.4) is 0 Å². The fraction of sp³-hybridized carbons (Fsp3) is 0.288. The van der Waals surface area contributed by atoms with E-state index in [0.717, 1.165) is 25.7 Å². The number of hydrogen-bond donors (Lipinski definition) is 0. The summed E-state index contributed by atoms with van der Waals surface area (Å²) in [6, 6.07) is 52.3. The van der Waals surface area contributed by atoms with Gasteiger partial charge in [-0.2, -0.15) is 0 Å². The maximum absolute atomic E-state index is 2.68. The first-order valence-corrected chi connectivity index (χ1v) is 23.4. The molecule has 308 valence electrons. The number of aryl methyl sites for hydroxylation is 3. The minimum Gasteiger partial charge on any atom is -0.311 e. The third-order valence-corrected chi connectivity index (χ3v) is 14.6. The van der Waals surface area contributed by atoms with Crippen molar-refractivity contribution in [1.82, 2.24) is 0 Å². The Balaban J connectivity index is 1.27. The van der Waals surface area contributed by atoms with Crippen molar-refractivity contribution < 1.29 is 0 Å². The lowest BCUT2D eigenvalue weighted by Gasteiger charge is -2.46. The van der Waals surface area contributed by atoms with Crippen molar-refractivity contribution in [2.45, 2.75) is 111 Å². The third kappa shape index (κ3) is 6.29. The number of anilines is 6. The lowest BCUT2D eigenvalue weighted by atomic mass is 9.33. The Kier molecular flexibility index (Phi) is 9.24. The molecule has 0 amide bonds. The molecule has 2 heterocycles. The Morgan fingerprint density at radius 1 is 0.419 bits per heavy atom. The second-order valence-corrected chi connectivity index (χ2v) is 20.7. The topological polar surface area (TPSA) is 6.48 Å². The summed E-state index contributed by atoms with van der Waals surface area (Å²) in [4.78, 5) is 5.37. The predicted molar refractivity (Wildman–Crippen MR) is 267 cm³/mol. The van der Waals surface area contributed by atoms with Gasteiger partial charge in [0.25, 0.3) is 6.71 Å². The normalized spacial score (nSPS) is 15.4. The number of hydrogen-bond acceptors (Lipinski definition) is 2. The van der Waals surface area contributed by atoms with Gasteiger partial charge in [0.15, 0.2) is 0 Å². The molecule has 0 radical (unpaired) electrons. The summed E-state index contributed by atoms with van der Waals surface area (Å²) >= 11 is 0. The van der Waals surface area contributed by atoms with Gasteiger partial charge in [0.2, 0.25) is 0 Å². The molecule has 0 unspecified atom stereocenters. The highest BCUT2D eigenvalue weighted by molar-refractivity contribution is 7.00. The lowest BCUT2D eigenvalue weighted by molar-refractivity contribution is 0.590. The highest BCUT2D eigenvalue weighted by Gasteiger charge is 2.45. The van der Waals surface area contributed by atoms with Crippen LogP contribution in [0.5, 0.6) is 0 Å². The second kappa shape index (κ2) is 14.7. The summed E-state index contributed by atoms with van der Waals surface area (Å²) in [7, 11) is 0.